The van der Waals surface area contributed by atoms with Crippen molar-refractivity contribution in [1.82, 2.24) is 4.57 Å². The molecular weight excluding hydrogens is 739 g/mol. The minimum Gasteiger partial charge on any atom is -0.310 e. The highest BCUT2D eigenvalue weighted by molar-refractivity contribution is 6.18. The van der Waals surface area contributed by atoms with E-state index in [1.54, 1.807) is 0 Å². The second kappa shape index (κ2) is 15.6. The van der Waals surface area contributed by atoms with E-state index in [1.807, 2.05) is 0 Å². The summed E-state index contributed by atoms with van der Waals surface area (Å²) in [6.45, 7) is 0. The van der Waals surface area contributed by atoms with E-state index in [2.05, 4.69) is 263 Å². The van der Waals surface area contributed by atoms with E-state index in [-0.39, 0.29) is 0 Å². The highest BCUT2D eigenvalue weighted by Crippen LogP contribution is 2.48. The van der Waals surface area contributed by atoms with Crippen molar-refractivity contribution in [2.45, 2.75) is 0 Å². The van der Waals surface area contributed by atoms with E-state index in [9.17, 15) is 0 Å². The van der Waals surface area contributed by atoms with Gasteiger partial charge < -0.3 is 14.4 Å². The lowest BCUT2D eigenvalue weighted by Gasteiger charge is -2.30. The molecule has 0 amide bonds. The molecule has 11 rings (SSSR count). The number of benzene rings is 10. The van der Waals surface area contributed by atoms with Gasteiger partial charge in [0, 0.05) is 39.2 Å². The van der Waals surface area contributed by atoms with Gasteiger partial charge >= 0.3 is 0 Å². The third kappa shape index (κ3) is 6.69. The first-order valence-electron chi connectivity index (χ1n) is 20.8. The number of hydrogen-bond donors (Lipinski definition) is 0. The summed E-state index contributed by atoms with van der Waals surface area (Å²) in [6, 6.07) is 89.7. The number of fused-ring (bicyclic) bond motifs is 4. The van der Waals surface area contributed by atoms with Gasteiger partial charge in [0.15, 0.2) is 0 Å². The molecule has 0 fully saturated rings. The van der Waals surface area contributed by atoms with Gasteiger partial charge in [-0.15, -0.1) is 0 Å². The highest BCUT2D eigenvalue weighted by atomic mass is 15.2. The Labute approximate surface area is 356 Å². The lowest BCUT2D eigenvalue weighted by molar-refractivity contribution is 1.17. The summed E-state index contributed by atoms with van der Waals surface area (Å²) in [5.41, 5.74) is 14.6. The molecule has 10 aromatic carbocycles. The van der Waals surface area contributed by atoms with Crippen LogP contribution in [0, 0.1) is 0 Å². The minimum absolute atomic E-state index is 1.05. The van der Waals surface area contributed by atoms with Crippen LogP contribution in [0.25, 0.3) is 60.5 Å². The lowest BCUT2D eigenvalue weighted by atomic mass is 10.0. The molecule has 1 heterocycles. The number of nitrogens with zero attached hydrogens (tertiary/aromatic N) is 3. The zero-order valence-electron chi connectivity index (χ0n) is 33.5. The maximum absolute atomic E-state index is 2.45. The van der Waals surface area contributed by atoms with Crippen LogP contribution in [0.5, 0.6) is 0 Å². The molecule has 0 aliphatic heterocycles. The standard InChI is InChI=1S/C58H41N3/c1-5-18-42(19-6-1)46-22-17-29-52(39-46)61-55-31-16-15-30-54(55)58-56(40-53(41-57(58)61)59(48-23-7-2-8-24-48)49-25-9-3-10-26-49)60(50-27-11-4-12-28-50)51-36-34-44(35-37-51)47-33-32-43-20-13-14-21-45(43)38-47/h1-41H. The largest absolute Gasteiger partial charge is 0.310 e. The molecule has 288 valence electrons. The molecule has 0 aliphatic rings. The number of para-hydroxylation sites is 4. The van der Waals surface area contributed by atoms with Crippen molar-refractivity contribution in [3.05, 3.63) is 249 Å². The fourth-order valence-electron chi connectivity index (χ4n) is 8.88. The SMILES string of the molecule is c1ccc(-c2cccc(-n3c4ccccc4c4c(N(c5ccccc5)c5ccc(-c6ccc7ccccc7c6)cc5)cc(N(c5ccccc5)c5ccccc5)cc43)c2)cc1. The molecule has 1 aromatic heterocycles. The molecule has 0 bridgehead atoms. The monoisotopic (exact) mass is 779 g/mol. The Morgan fingerprint density at radius 3 is 1.48 bits per heavy atom. The zero-order valence-corrected chi connectivity index (χ0v) is 33.5. The Bertz CT molecular complexity index is 3240. The van der Waals surface area contributed by atoms with Crippen LogP contribution >= 0.6 is 0 Å². The summed E-state index contributed by atoms with van der Waals surface area (Å²) in [6.07, 6.45) is 0. The molecule has 0 spiro atoms. The molecule has 0 atom stereocenters. The van der Waals surface area contributed by atoms with E-state index >= 15 is 0 Å². The van der Waals surface area contributed by atoms with Crippen molar-refractivity contribution in [2.24, 2.45) is 0 Å². The van der Waals surface area contributed by atoms with E-state index in [4.69, 9.17) is 0 Å². The van der Waals surface area contributed by atoms with Gasteiger partial charge in [0.1, 0.15) is 0 Å². The van der Waals surface area contributed by atoms with E-state index < -0.39 is 0 Å². The number of aromatic nitrogens is 1. The number of rotatable bonds is 9. The molecule has 0 radical (unpaired) electrons. The van der Waals surface area contributed by atoms with Gasteiger partial charge in [-0.3, -0.25) is 0 Å². The maximum Gasteiger partial charge on any atom is 0.0583 e. The van der Waals surface area contributed by atoms with Crippen LogP contribution in [0.15, 0.2) is 249 Å². The number of hydrogen-bond acceptors (Lipinski definition) is 2. The summed E-state index contributed by atoms with van der Waals surface area (Å²) in [5, 5.41) is 4.84. The third-order valence-corrected chi connectivity index (χ3v) is 11.7. The predicted molar refractivity (Wildman–Crippen MR) is 259 cm³/mol. The van der Waals surface area contributed by atoms with Crippen molar-refractivity contribution < 1.29 is 0 Å². The van der Waals surface area contributed by atoms with Crippen molar-refractivity contribution in [3.8, 4) is 27.9 Å². The average Bonchev–Trinajstić information content (AvgIpc) is 3.67. The Balaban J connectivity index is 1.20. The zero-order chi connectivity index (χ0) is 40.5. The topological polar surface area (TPSA) is 11.4 Å². The molecule has 11 aromatic rings. The normalized spacial score (nSPS) is 11.3. The Morgan fingerprint density at radius 2 is 0.787 bits per heavy atom. The summed E-state index contributed by atoms with van der Waals surface area (Å²) in [7, 11) is 0. The van der Waals surface area contributed by atoms with Crippen LogP contribution < -0.4 is 9.80 Å². The van der Waals surface area contributed by atoms with Crippen LogP contribution in [0.2, 0.25) is 0 Å². The van der Waals surface area contributed by atoms with Gasteiger partial charge in [-0.05, 0) is 118 Å². The van der Waals surface area contributed by atoms with Crippen molar-refractivity contribution in [1.29, 1.82) is 0 Å². The quantitative estimate of drug-likeness (QED) is 0.145. The first kappa shape index (κ1) is 36.0. The maximum atomic E-state index is 2.45. The molecule has 61 heavy (non-hydrogen) atoms. The van der Waals surface area contributed by atoms with Crippen molar-refractivity contribution in [3.63, 3.8) is 0 Å². The molecule has 0 aliphatic carbocycles. The van der Waals surface area contributed by atoms with Gasteiger partial charge in [0.25, 0.3) is 0 Å². The molecule has 0 unspecified atom stereocenters. The van der Waals surface area contributed by atoms with Gasteiger partial charge in [-0.25, -0.2) is 0 Å². The first-order valence-corrected chi connectivity index (χ1v) is 20.8. The summed E-state index contributed by atoms with van der Waals surface area (Å²) >= 11 is 0. The molecule has 3 heteroatoms. The van der Waals surface area contributed by atoms with Crippen LogP contribution in [0.1, 0.15) is 0 Å². The first-order chi connectivity index (χ1) is 30.3. The molecule has 3 nitrogen and oxygen atoms in total. The van der Waals surface area contributed by atoms with Crippen LogP contribution in [0.3, 0.4) is 0 Å². The van der Waals surface area contributed by atoms with Crippen molar-refractivity contribution in [2.75, 3.05) is 9.80 Å². The summed E-state index contributed by atoms with van der Waals surface area (Å²) < 4.78 is 2.45. The number of anilines is 6. The van der Waals surface area contributed by atoms with E-state index in [1.165, 1.54) is 43.8 Å². The second-order valence-electron chi connectivity index (χ2n) is 15.4. The van der Waals surface area contributed by atoms with E-state index in [0.29, 0.717) is 0 Å². The fourth-order valence-corrected chi connectivity index (χ4v) is 8.88. The second-order valence-corrected chi connectivity index (χ2v) is 15.4. The minimum atomic E-state index is 1.05. The van der Waals surface area contributed by atoms with E-state index in [0.717, 1.165) is 50.8 Å². The lowest BCUT2D eigenvalue weighted by Crippen LogP contribution is -2.14. The Kier molecular flexibility index (Phi) is 9.18. The average molecular weight is 780 g/mol. The van der Waals surface area contributed by atoms with Crippen LogP contribution in [-0.4, -0.2) is 4.57 Å². The molecule has 0 saturated carbocycles. The predicted octanol–water partition coefficient (Wildman–Crippen LogP) is 16.2. The molecule has 0 N–H and O–H groups in total. The van der Waals surface area contributed by atoms with Crippen LogP contribution in [0.4, 0.5) is 34.1 Å². The van der Waals surface area contributed by atoms with Gasteiger partial charge in [-0.1, -0.05) is 164 Å². The third-order valence-electron chi connectivity index (χ3n) is 11.7. The smallest absolute Gasteiger partial charge is 0.0583 e. The highest BCUT2D eigenvalue weighted by Gasteiger charge is 2.25. The summed E-state index contributed by atoms with van der Waals surface area (Å²) in [5.74, 6) is 0. The van der Waals surface area contributed by atoms with Crippen LogP contribution in [-0.2, 0) is 0 Å². The van der Waals surface area contributed by atoms with Crippen molar-refractivity contribution >= 4 is 66.7 Å². The van der Waals surface area contributed by atoms with Gasteiger partial charge in [0.2, 0.25) is 0 Å². The fraction of sp³-hybridized carbons (Fsp3) is 0. The molecular formula is C58H41N3. The van der Waals surface area contributed by atoms with Gasteiger partial charge in [0.05, 0.1) is 22.4 Å². The van der Waals surface area contributed by atoms with Gasteiger partial charge in [-0.2, -0.15) is 0 Å². The molecule has 0 saturated heterocycles. The Morgan fingerprint density at radius 1 is 0.279 bits per heavy atom. The Hall–Kier alpha value is -8.14. The summed E-state index contributed by atoms with van der Waals surface area (Å²) in [4.78, 5) is 4.80.